The molecule has 108 valence electrons. The van der Waals surface area contributed by atoms with Gasteiger partial charge in [-0.25, -0.2) is 0 Å². The van der Waals surface area contributed by atoms with E-state index in [4.69, 9.17) is 9.26 Å². The minimum Gasteiger partial charge on any atom is -0.485 e. The number of aromatic nitrogens is 2. The maximum atomic E-state index is 5.81. The van der Waals surface area contributed by atoms with Crippen LogP contribution in [0.25, 0.3) is 0 Å². The zero-order valence-corrected chi connectivity index (χ0v) is 13.2. The second-order valence-electron chi connectivity index (χ2n) is 4.49. The average Bonchev–Trinajstić information content (AvgIpc) is 2.96. The van der Waals surface area contributed by atoms with Crippen molar-refractivity contribution in [3.8, 4) is 5.75 Å². The predicted octanol–water partition coefficient (Wildman–Crippen LogP) is 3.47. The number of nitrogens with zero attached hydrogens (tertiary/aromatic N) is 2. The molecule has 0 radical (unpaired) electrons. The Morgan fingerprint density at radius 3 is 3.00 bits per heavy atom. The van der Waals surface area contributed by atoms with E-state index in [9.17, 15) is 0 Å². The molecule has 5 nitrogen and oxygen atoms in total. The molecule has 1 heterocycles. The van der Waals surface area contributed by atoms with Crippen LogP contribution in [-0.2, 0) is 6.61 Å². The summed E-state index contributed by atoms with van der Waals surface area (Å²) in [5.41, 5.74) is 1.12. The van der Waals surface area contributed by atoms with Gasteiger partial charge in [0.25, 0.3) is 0 Å². The van der Waals surface area contributed by atoms with Crippen LogP contribution in [0.1, 0.15) is 37.7 Å². The molecule has 2 rings (SSSR count). The molecular weight excluding hydrogens is 322 g/mol. The lowest BCUT2D eigenvalue weighted by atomic mass is 10.1. The molecule has 6 heteroatoms. The molecule has 0 aliphatic carbocycles. The van der Waals surface area contributed by atoms with Crippen LogP contribution in [0.15, 0.2) is 33.6 Å². The summed E-state index contributed by atoms with van der Waals surface area (Å²) in [6.45, 7) is 5.54. The quantitative estimate of drug-likeness (QED) is 0.836. The highest BCUT2D eigenvalue weighted by atomic mass is 79.9. The van der Waals surface area contributed by atoms with Crippen LogP contribution >= 0.6 is 15.9 Å². The van der Waals surface area contributed by atoms with Crippen LogP contribution in [0.4, 0.5) is 0 Å². The van der Waals surface area contributed by atoms with Crippen molar-refractivity contribution in [2.24, 2.45) is 0 Å². The van der Waals surface area contributed by atoms with Crippen molar-refractivity contribution in [2.75, 3.05) is 6.54 Å². The van der Waals surface area contributed by atoms with Crippen molar-refractivity contribution in [3.63, 3.8) is 0 Å². The Morgan fingerprint density at radius 1 is 1.45 bits per heavy atom. The minimum absolute atomic E-state index is 0.225. The molecule has 0 bridgehead atoms. The molecule has 0 saturated heterocycles. The lowest BCUT2D eigenvalue weighted by Gasteiger charge is -2.18. The van der Waals surface area contributed by atoms with Gasteiger partial charge in [-0.05, 0) is 32.0 Å². The lowest BCUT2D eigenvalue weighted by molar-refractivity contribution is 0.281. The maximum absolute atomic E-state index is 5.81. The van der Waals surface area contributed by atoms with E-state index < -0.39 is 0 Å². The monoisotopic (exact) mass is 339 g/mol. The summed E-state index contributed by atoms with van der Waals surface area (Å²) in [5.74, 6) is 1.35. The summed E-state index contributed by atoms with van der Waals surface area (Å²) in [6, 6.07) is 6.26. The first-order valence-corrected chi connectivity index (χ1v) is 7.41. The summed E-state index contributed by atoms with van der Waals surface area (Å²) in [4.78, 5) is 3.95. The number of nitrogens with one attached hydrogen (secondary N) is 1. The van der Waals surface area contributed by atoms with E-state index in [1.165, 1.54) is 6.39 Å². The van der Waals surface area contributed by atoms with E-state index in [1.807, 2.05) is 12.1 Å². The summed E-state index contributed by atoms with van der Waals surface area (Å²) in [6.07, 6.45) is 2.39. The molecule has 1 aromatic heterocycles. The van der Waals surface area contributed by atoms with E-state index in [0.29, 0.717) is 12.4 Å². The molecule has 20 heavy (non-hydrogen) atoms. The topological polar surface area (TPSA) is 60.2 Å². The Hall–Kier alpha value is -1.40. The fourth-order valence-corrected chi connectivity index (χ4v) is 2.20. The van der Waals surface area contributed by atoms with Crippen molar-refractivity contribution in [2.45, 2.75) is 32.9 Å². The molecular formula is C14H18BrN3O2. The molecule has 1 unspecified atom stereocenters. The third-order valence-corrected chi connectivity index (χ3v) is 3.40. The molecule has 2 aromatic rings. The Kier molecular flexibility index (Phi) is 5.55. The molecule has 1 aromatic carbocycles. The average molecular weight is 340 g/mol. The SMILES string of the molecule is CCCNC(C)c1ccc(Br)cc1OCc1ncon1. The highest BCUT2D eigenvalue weighted by Gasteiger charge is 2.12. The smallest absolute Gasteiger partial charge is 0.213 e. The molecule has 0 saturated carbocycles. The fraction of sp³-hybridized carbons (Fsp3) is 0.429. The zero-order chi connectivity index (χ0) is 14.4. The van der Waals surface area contributed by atoms with Gasteiger partial charge in [-0.1, -0.05) is 34.1 Å². The first kappa shape index (κ1) is 15.0. The molecule has 0 amide bonds. The number of hydrogen-bond acceptors (Lipinski definition) is 5. The summed E-state index contributed by atoms with van der Waals surface area (Å²) in [7, 11) is 0. The molecule has 0 aliphatic heterocycles. The van der Waals surface area contributed by atoms with Crippen LogP contribution in [-0.4, -0.2) is 16.7 Å². The Labute approximate surface area is 126 Å². The third kappa shape index (κ3) is 4.05. The van der Waals surface area contributed by atoms with Crippen molar-refractivity contribution in [1.29, 1.82) is 0 Å². The normalized spacial score (nSPS) is 12.3. The van der Waals surface area contributed by atoms with Gasteiger partial charge in [0.15, 0.2) is 6.61 Å². The van der Waals surface area contributed by atoms with Gasteiger partial charge in [0.05, 0.1) is 0 Å². The molecule has 0 spiro atoms. The first-order valence-electron chi connectivity index (χ1n) is 6.61. The summed E-state index contributed by atoms with van der Waals surface area (Å²) in [5, 5.41) is 7.20. The summed E-state index contributed by atoms with van der Waals surface area (Å²) < 4.78 is 11.5. The van der Waals surface area contributed by atoms with Crippen LogP contribution in [0.3, 0.4) is 0 Å². The third-order valence-electron chi connectivity index (χ3n) is 2.91. The highest BCUT2D eigenvalue weighted by molar-refractivity contribution is 9.10. The Morgan fingerprint density at radius 2 is 2.30 bits per heavy atom. The van der Waals surface area contributed by atoms with Crippen LogP contribution in [0, 0.1) is 0 Å². The highest BCUT2D eigenvalue weighted by Crippen LogP contribution is 2.29. The number of halogens is 1. The van der Waals surface area contributed by atoms with Crippen molar-refractivity contribution in [1.82, 2.24) is 15.5 Å². The van der Waals surface area contributed by atoms with Gasteiger partial charge in [-0.2, -0.15) is 4.98 Å². The molecule has 0 aliphatic rings. The second-order valence-corrected chi connectivity index (χ2v) is 5.41. The van der Waals surface area contributed by atoms with E-state index in [-0.39, 0.29) is 6.04 Å². The standard InChI is InChI=1S/C14H18BrN3O2/c1-3-6-16-10(2)12-5-4-11(15)7-13(12)19-8-14-17-9-20-18-14/h4-5,7,9-10,16H,3,6,8H2,1-2H3. The van der Waals surface area contributed by atoms with Gasteiger partial charge in [-0.3, -0.25) is 0 Å². The van der Waals surface area contributed by atoms with Gasteiger partial charge in [-0.15, -0.1) is 0 Å². The van der Waals surface area contributed by atoms with Gasteiger partial charge in [0.2, 0.25) is 12.2 Å². The Balaban J connectivity index is 2.10. The molecule has 0 fully saturated rings. The largest absolute Gasteiger partial charge is 0.485 e. The number of hydrogen-bond donors (Lipinski definition) is 1. The number of ether oxygens (including phenoxy) is 1. The van der Waals surface area contributed by atoms with Crippen molar-refractivity contribution in [3.05, 3.63) is 40.5 Å². The van der Waals surface area contributed by atoms with E-state index in [0.717, 1.165) is 28.8 Å². The Bertz CT molecular complexity index is 531. The van der Waals surface area contributed by atoms with E-state index >= 15 is 0 Å². The van der Waals surface area contributed by atoms with Gasteiger partial charge >= 0.3 is 0 Å². The number of benzene rings is 1. The first-order chi connectivity index (χ1) is 9.70. The zero-order valence-electron chi connectivity index (χ0n) is 11.6. The van der Waals surface area contributed by atoms with Crippen LogP contribution < -0.4 is 10.1 Å². The predicted molar refractivity (Wildman–Crippen MR) is 79.5 cm³/mol. The van der Waals surface area contributed by atoms with Crippen molar-refractivity contribution < 1.29 is 9.26 Å². The second kappa shape index (κ2) is 7.40. The van der Waals surface area contributed by atoms with Gasteiger partial charge < -0.3 is 14.6 Å². The van der Waals surface area contributed by atoms with Crippen molar-refractivity contribution >= 4 is 15.9 Å². The summed E-state index contributed by atoms with van der Waals surface area (Å²) >= 11 is 3.47. The lowest BCUT2D eigenvalue weighted by Crippen LogP contribution is -2.20. The van der Waals surface area contributed by atoms with E-state index in [1.54, 1.807) is 0 Å². The van der Waals surface area contributed by atoms with E-state index in [2.05, 4.69) is 51.3 Å². The maximum Gasteiger partial charge on any atom is 0.213 e. The van der Waals surface area contributed by atoms with Crippen LogP contribution in [0.2, 0.25) is 0 Å². The minimum atomic E-state index is 0.225. The van der Waals surface area contributed by atoms with Crippen LogP contribution in [0.5, 0.6) is 5.75 Å². The van der Waals surface area contributed by atoms with Gasteiger partial charge in [0, 0.05) is 16.1 Å². The molecule has 1 atom stereocenters. The number of rotatable bonds is 7. The molecule has 1 N–H and O–H groups in total. The fourth-order valence-electron chi connectivity index (χ4n) is 1.86. The van der Waals surface area contributed by atoms with Gasteiger partial charge in [0.1, 0.15) is 5.75 Å².